The largest absolute Gasteiger partial charge is 0.437 e. The number of nitrogens with zero attached hydrogens (tertiary/aromatic N) is 5. The average molecular weight is 524 g/mol. The summed E-state index contributed by atoms with van der Waals surface area (Å²) in [7, 11) is -2.06. The van der Waals surface area contributed by atoms with Crippen molar-refractivity contribution >= 4 is 32.8 Å². The second-order valence-corrected chi connectivity index (χ2v) is 11.3. The van der Waals surface area contributed by atoms with E-state index in [9.17, 15) is 13.2 Å². The fraction of sp³-hybridized carbons (Fsp3) is 0.400. The van der Waals surface area contributed by atoms with Gasteiger partial charge < -0.3 is 9.73 Å². The number of anilines is 1. The van der Waals surface area contributed by atoms with Crippen LogP contribution in [0.4, 0.5) is 5.82 Å². The first-order valence-corrected chi connectivity index (χ1v) is 14.1. The quantitative estimate of drug-likeness (QED) is 0.301. The van der Waals surface area contributed by atoms with Crippen LogP contribution in [-0.2, 0) is 16.4 Å². The van der Waals surface area contributed by atoms with Gasteiger partial charge in [-0.05, 0) is 50.2 Å². The molecule has 11 nitrogen and oxygen atoms in total. The molecule has 194 valence electrons. The third-order valence-electron chi connectivity index (χ3n) is 6.51. The SMILES string of the molecule is CNC(=O)c1c(-c2ccc(C)cc2)oc2nc(N(CCCCc3nn[nH]n3)S(C)(=O)=O)c(C3CC3)cc12. The molecule has 1 fully saturated rings. The Bertz CT molecular complexity index is 1530. The topological polar surface area (TPSA) is 147 Å². The first-order valence-electron chi connectivity index (χ1n) is 12.2. The number of aromatic amines is 1. The zero-order chi connectivity index (χ0) is 26.2. The van der Waals surface area contributed by atoms with E-state index in [1.165, 1.54) is 10.6 Å². The van der Waals surface area contributed by atoms with Crippen LogP contribution in [0.1, 0.15) is 58.9 Å². The van der Waals surface area contributed by atoms with Crippen LogP contribution >= 0.6 is 0 Å². The number of carbonyl (C=O) groups is 1. The van der Waals surface area contributed by atoms with Crippen LogP contribution in [-0.4, -0.2) is 59.8 Å². The average Bonchev–Trinajstić information content (AvgIpc) is 3.45. The summed E-state index contributed by atoms with van der Waals surface area (Å²) in [4.78, 5) is 17.7. The number of hydrogen-bond donors (Lipinski definition) is 2. The van der Waals surface area contributed by atoms with Crippen LogP contribution in [0, 0.1) is 6.92 Å². The smallest absolute Gasteiger partial charge is 0.255 e. The Morgan fingerprint density at radius 1 is 1.22 bits per heavy atom. The monoisotopic (exact) mass is 523 g/mol. The van der Waals surface area contributed by atoms with Crippen molar-refractivity contribution in [3.63, 3.8) is 0 Å². The number of fused-ring (bicyclic) bond motifs is 1. The summed E-state index contributed by atoms with van der Waals surface area (Å²) in [6.07, 6.45) is 4.92. The minimum Gasteiger partial charge on any atom is -0.437 e. The summed E-state index contributed by atoms with van der Waals surface area (Å²) < 4.78 is 33.3. The number of furan rings is 1. The highest BCUT2D eigenvalue weighted by Gasteiger charge is 2.34. The Morgan fingerprint density at radius 2 is 1.97 bits per heavy atom. The van der Waals surface area contributed by atoms with E-state index in [0.29, 0.717) is 47.6 Å². The molecule has 0 saturated heterocycles. The Balaban J connectivity index is 1.57. The van der Waals surface area contributed by atoms with Gasteiger partial charge in [-0.3, -0.25) is 9.10 Å². The van der Waals surface area contributed by atoms with Gasteiger partial charge in [0.05, 0.1) is 17.2 Å². The number of sulfonamides is 1. The van der Waals surface area contributed by atoms with Gasteiger partial charge in [-0.25, -0.2) is 8.42 Å². The molecule has 1 amide bonds. The third kappa shape index (κ3) is 5.19. The minimum atomic E-state index is -3.63. The second kappa shape index (κ2) is 9.92. The normalized spacial score (nSPS) is 13.7. The molecular formula is C25H29N7O4S. The molecule has 3 heterocycles. The minimum absolute atomic E-state index is 0.186. The number of tetrazole rings is 1. The van der Waals surface area contributed by atoms with E-state index in [2.05, 4.69) is 25.9 Å². The van der Waals surface area contributed by atoms with E-state index in [0.717, 1.165) is 29.5 Å². The molecule has 5 rings (SSSR count). The number of amides is 1. The maximum absolute atomic E-state index is 13.0. The van der Waals surface area contributed by atoms with E-state index in [1.54, 1.807) is 7.05 Å². The number of carbonyl (C=O) groups excluding carboxylic acids is 1. The van der Waals surface area contributed by atoms with Crippen molar-refractivity contribution in [2.24, 2.45) is 0 Å². The fourth-order valence-corrected chi connectivity index (χ4v) is 5.36. The predicted molar refractivity (Wildman–Crippen MR) is 139 cm³/mol. The molecule has 1 aliphatic rings. The van der Waals surface area contributed by atoms with E-state index < -0.39 is 10.0 Å². The second-order valence-electron chi connectivity index (χ2n) is 9.40. The molecule has 1 aromatic carbocycles. The molecule has 0 unspecified atom stereocenters. The lowest BCUT2D eigenvalue weighted by Gasteiger charge is -2.23. The zero-order valence-electron chi connectivity index (χ0n) is 21.0. The number of aromatic nitrogens is 5. The number of rotatable bonds is 10. The lowest BCUT2D eigenvalue weighted by atomic mass is 10.0. The van der Waals surface area contributed by atoms with E-state index in [-0.39, 0.29) is 24.1 Å². The van der Waals surface area contributed by atoms with Crippen molar-refractivity contribution in [2.75, 3.05) is 24.2 Å². The molecule has 4 aromatic rings. The van der Waals surface area contributed by atoms with Gasteiger partial charge in [-0.2, -0.15) is 10.2 Å². The highest BCUT2D eigenvalue weighted by molar-refractivity contribution is 7.92. The van der Waals surface area contributed by atoms with Crippen LogP contribution in [0.2, 0.25) is 0 Å². The van der Waals surface area contributed by atoms with Crippen molar-refractivity contribution in [3.8, 4) is 11.3 Å². The molecule has 12 heteroatoms. The molecule has 0 bridgehead atoms. The molecule has 0 atom stereocenters. The molecule has 0 radical (unpaired) electrons. The summed E-state index contributed by atoms with van der Waals surface area (Å²) in [6.45, 7) is 2.24. The van der Waals surface area contributed by atoms with Gasteiger partial charge in [0.1, 0.15) is 11.6 Å². The molecule has 1 aliphatic carbocycles. The Labute approximate surface area is 214 Å². The standard InChI is InChI=1S/C25H29N7O4S/c1-15-7-9-17(10-8-15)22-21(24(33)26-2)19-14-18(16-11-12-16)23(27-25(19)36-22)32(37(3,34)35)13-5-4-6-20-28-30-31-29-20/h7-10,14,16H,4-6,11-13H2,1-3H3,(H,26,33)(H,28,29,30,31). The van der Waals surface area contributed by atoms with Gasteiger partial charge in [0.15, 0.2) is 5.82 Å². The zero-order valence-corrected chi connectivity index (χ0v) is 21.8. The number of benzene rings is 1. The van der Waals surface area contributed by atoms with Crippen LogP contribution in [0.5, 0.6) is 0 Å². The van der Waals surface area contributed by atoms with Crippen molar-refractivity contribution in [1.82, 2.24) is 30.9 Å². The van der Waals surface area contributed by atoms with Gasteiger partial charge in [-0.15, -0.1) is 10.2 Å². The number of hydrogen-bond acceptors (Lipinski definition) is 8. The number of aryl methyl sites for hydroxylation is 2. The Kier molecular flexibility index (Phi) is 6.67. The van der Waals surface area contributed by atoms with Crippen molar-refractivity contribution in [3.05, 3.63) is 52.8 Å². The number of H-pyrrole nitrogens is 1. The predicted octanol–water partition coefficient (Wildman–Crippen LogP) is 3.34. The van der Waals surface area contributed by atoms with Crippen molar-refractivity contribution in [2.45, 2.75) is 44.9 Å². The van der Waals surface area contributed by atoms with Gasteiger partial charge in [0.2, 0.25) is 15.7 Å². The summed E-state index contributed by atoms with van der Waals surface area (Å²) >= 11 is 0. The molecule has 0 spiro atoms. The van der Waals surface area contributed by atoms with Gasteiger partial charge >= 0.3 is 0 Å². The van der Waals surface area contributed by atoms with Crippen LogP contribution in [0.25, 0.3) is 22.4 Å². The number of unbranched alkanes of at least 4 members (excludes halogenated alkanes) is 1. The number of pyridine rings is 1. The molecule has 37 heavy (non-hydrogen) atoms. The fourth-order valence-electron chi connectivity index (χ4n) is 4.44. The maximum Gasteiger partial charge on any atom is 0.255 e. The van der Waals surface area contributed by atoms with Crippen molar-refractivity contribution in [1.29, 1.82) is 0 Å². The number of nitrogens with one attached hydrogen (secondary N) is 2. The van der Waals surface area contributed by atoms with Crippen LogP contribution in [0.15, 0.2) is 34.7 Å². The first kappa shape index (κ1) is 24.9. The highest BCUT2D eigenvalue weighted by Crippen LogP contribution is 2.46. The third-order valence-corrected chi connectivity index (χ3v) is 7.67. The molecule has 1 saturated carbocycles. The molecule has 2 N–H and O–H groups in total. The lowest BCUT2D eigenvalue weighted by molar-refractivity contribution is 0.0964. The van der Waals surface area contributed by atoms with Crippen LogP contribution in [0.3, 0.4) is 0 Å². The summed E-state index contributed by atoms with van der Waals surface area (Å²) in [5, 5.41) is 17.1. The first-order chi connectivity index (χ1) is 17.8. The van der Waals surface area contributed by atoms with E-state index >= 15 is 0 Å². The Morgan fingerprint density at radius 3 is 2.59 bits per heavy atom. The maximum atomic E-state index is 13.0. The van der Waals surface area contributed by atoms with Crippen LogP contribution < -0.4 is 9.62 Å². The summed E-state index contributed by atoms with van der Waals surface area (Å²) in [6, 6.07) is 9.58. The summed E-state index contributed by atoms with van der Waals surface area (Å²) in [5.41, 5.74) is 3.28. The van der Waals surface area contributed by atoms with E-state index in [1.807, 2.05) is 37.3 Å². The van der Waals surface area contributed by atoms with Gasteiger partial charge in [-0.1, -0.05) is 35.0 Å². The summed E-state index contributed by atoms with van der Waals surface area (Å²) in [5.74, 6) is 1.26. The highest BCUT2D eigenvalue weighted by atomic mass is 32.2. The lowest BCUT2D eigenvalue weighted by Crippen LogP contribution is -2.32. The van der Waals surface area contributed by atoms with Gasteiger partial charge in [0, 0.05) is 25.6 Å². The van der Waals surface area contributed by atoms with Crippen molar-refractivity contribution < 1.29 is 17.6 Å². The van der Waals surface area contributed by atoms with E-state index in [4.69, 9.17) is 9.40 Å². The molecular weight excluding hydrogens is 494 g/mol. The van der Waals surface area contributed by atoms with Gasteiger partial charge in [0.25, 0.3) is 5.91 Å². The Hall–Kier alpha value is -3.80. The molecule has 3 aromatic heterocycles. The molecule has 0 aliphatic heterocycles.